The number of ether oxygens (including phenoxy) is 3. The summed E-state index contributed by atoms with van der Waals surface area (Å²) in [6.45, 7) is 0.472. The van der Waals surface area contributed by atoms with Gasteiger partial charge in [0.1, 0.15) is 13.2 Å². The molecule has 0 aromatic carbocycles. The Hall–Kier alpha value is -0.820. The van der Waals surface area contributed by atoms with Crippen molar-refractivity contribution in [2.45, 2.75) is 44.6 Å². The van der Waals surface area contributed by atoms with Crippen LogP contribution in [0.3, 0.4) is 0 Å². The van der Waals surface area contributed by atoms with Gasteiger partial charge in [-0.15, -0.1) is 0 Å². The third-order valence-corrected chi connectivity index (χ3v) is 2.51. The van der Waals surface area contributed by atoms with Gasteiger partial charge in [0.25, 0.3) is 0 Å². The van der Waals surface area contributed by atoms with Crippen molar-refractivity contribution in [2.75, 3.05) is 19.8 Å². The SMILES string of the molecule is CC(OCC(F)(F)F)C(=O)OCC1CCCCO1. The van der Waals surface area contributed by atoms with E-state index < -0.39 is 24.9 Å². The molecule has 1 rings (SSSR count). The minimum atomic E-state index is -4.44. The van der Waals surface area contributed by atoms with Crippen molar-refractivity contribution in [3.63, 3.8) is 0 Å². The number of hydrogen-bond donors (Lipinski definition) is 0. The molecule has 0 bridgehead atoms. The second-order valence-corrected chi connectivity index (χ2v) is 4.19. The number of hydrogen-bond acceptors (Lipinski definition) is 4. The van der Waals surface area contributed by atoms with Crippen molar-refractivity contribution in [3.8, 4) is 0 Å². The molecule has 0 aliphatic carbocycles. The number of esters is 1. The summed E-state index contributed by atoms with van der Waals surface area (Å²) in [7, 11) is 0. The van der Waals surface area contributed by atoms with Gasteiger partial charge in [-0.2, -0.15) is 13.2 Å². The summed E-state index contributed by atoms with van der Waals surface area (Å²) in [6, 6.07) is 0. The van der Waals surface area contributed by atoms with Gasteiger partial charge in [-0.1, -0.05) is 0 Å². The molecule has 2 atom stereocenters. The first kappa shape index (κ1) is 15.2. The van der Waals surface area contributed by atoms with E-state index in [1.807, 2.05) is 0 Å². The first-order valence-electron chi connectivity index (χ1n) is 5.85. The van der Waals surface area contributed by atoms with Crippen molar-refractivity contribution >= 4 is 5.97 Å². The van der Waals surface area contributed by atoms with Gasteiger partial charge in [0, 0.05) is 6.61 Å². The lowest BCUT2D eigenvalue weighted by molar-refractivity contribution is -0.194. The van der Waals surface area contributed by atoms with Crippen LogP contribution in [-0.4, -0.2) is 44.2 Å². The number of alkyl halides is 3. The van der Waals surface area contributed by atoms with Crippen LogP contribution in [0.25, 0.3) is 0 Å². The van der Waals surface area contributed by atoms with Gasteiger partial charge in [-0.05, 0) is 26.2 Å². The van der Waals surface area contributed by atoms with Gasteiger partial charge in [0.2, 0.25) is 0 Å². The molecular formula is C11H17F3O4. The van der Waals surface area contributed by atoms with Crippen molar-refractivity contribution in [2.24, 2.45) is 0 Å². The molecule has 1 aliphatic rings. The molecule has 0 saturated carbocycles. The van der Waals surface area contributed by atoms with Crippen LogP contribution in [0.1, 0.15) is 26.2 Å². The Balaban J connectivity index is 2.18. The van der Waals surface area contributed by atoms with Crippen molar-refractivity contribution in [1.82, 2.24) is 0 Å². The molecule has 1 aliphatic heterocycles. The smallest absolute Gasteiger partial charge is 0.411 e. The molecule has 0 radical (unpaired) electrons. The molecular weight excluding hydrogens is 253 g/mol. The fraction of sp³-hybridized carbons (Fsp3) is 0.909. The topological polar surface area (TPSA) is 44.8 Å². The average Bonchev–Trinajstić information content (AvgIpc) is 2.33. The predicted molar refractivity (Wildman–Crippen MR) is 56.0 cm³/mol. The minimum absolute atomic E-state index is 0.0680. The zero-order valence-electron chi connectivity index (χ0n) is 10.2. The van der Waals surface area contributed by atoms with E-state index in [0.29, 0.717) is 6.61 Å². The summed E-state index contributed by atoms with van der Waals surface area (Å²) in [5.41, 5.74) is 0. The van der Waals surface area contributed by atoms with Crippen LogP contribution in [0, 0.1) is 0 Å². The number of carbonyl (C=O) groups is 1. The molecule has 1 saturated heterocycles. The lowest BCUT2D eigenvalue weighted by Gasteiger charge is -2.23. The van der Waals surface area contributed by atoms with E-state index >= 15 is 0 Å². The molecule has 4 nitrogen and oxygen atoms in total. The monoisotopic (exact) mass is 270 g/mol. The Labute approximate surface area is 103 Å². The highest BCUT2D eigenvalue weighted by atomic mass is 19.4. The molecule has 0 N–H and O–H groups in total. The van der Waals surface area contributed by atoms with Gasteiger partial charge in [0.05, 0.1) is 6.10 Å². The van der Waals surface area contributed by atoms with Gasteiger partial charge in [-0.3, -0.25) is 0 Å². The molecule has 0 aromatic heterocycles. The predicted octanol–water partition coefficient (Wildman–Crippen LogP) is 2.07. The Bertz CT molecular complexity index is 262. The van der Waals surface area contributed by atoms with E-state index in [-0.39, 0.29) is 12.7 Å². The largest absolute Gasteiger partial charge is 0.461 e. The summed E-state index contributed by atoms with van der Waals surface area (Å²) >= 11 is 0. The van der Waals surface area contributed by atoms with E-state index in [1.54, 1.807) is 0 Å². The van der Waals surface area contributed by atoms with Crippen molar-refractivity contribution < 1.29 is 32.2 Å². The molecule has 1 heterocycles. The summed E-state index contributed by atoms with van der Waals surface area (Å²) in [5.74, 6) is -0.798. The quantitative estimate of drug-likeness (QED) is 0.717. The Morgan fingerprint density at radius 3 is 2.72 bits per heavy atom. The molecule has 7 heteroatoms. The lowest BCUT2D eigenvalue weighted by Crippen LogP contribution is -2.32. The molecule has 1 fully saturated rings. The molecule has 106 valence electrons. The fourth-order valence-corrected chi connectivity index (χ4v) is 1.52. The van der Waals surface area contributed by atoms with Crippen molar-refractivity contribution in [1.29, 1.82) is 0 Å². The maximum Gasteiger partial charge on any atom is 0.411 e. The molecule has 0 aromatic rings. The molecule has 0 amide bonds. The van der Waals surface area contributed by atoms with Gasteiger partial charge in [0.15, 0.2) is 6.10 Å². The van der Waals surface area contributed by atoms with E-state index in [4.69, 9.17) is 9.47 Å². The van der Waals surface area contributed by atoms with Gasteiger partial charge in [-0.25, -0.2) is 4.79 Å². The van der Waals surface area contributed by atoms with Gasteiger partial charge < -0.3 is 14.2 Å². The van der Waals surface area contributed by atoms with E-state index in [0.717, 1.165) is 19.3 Å². The third kappa shape index (κ3) is 6.20. The molecule has 18 heavy (non-hydrogen) atoms. The second kappa shape index (κ2) is 6.94. The second-order valence-electron chi connectivity index (χ2n) is 4.19. The van der Waals surface area contributed by atoms with E-state index in [9.17, 15) is 18.0 Å². The van der Waals surface area contributed by atoms with E-state index in [2.05, 4.69) is 4.74 Å². The maximum absolute atomic E-state index is 11.9. The van der Waals surface area contributed by atoms with Crippen LogP contribution in [0.2, 0.25) is 0 Å². The summed E-state index contributed by atoms with van der Waals surface area (Å²) in [4.78, 5) is 11.3. The Morgan fingerprint density at radius 1 is 1.44 bits per heavy atom. The lowest BCUT2D eigenvalue weighted by atomic mass is 10.1. The summed E-state index contributed by atoms with van der Waals surface area (Å²) in [6.07, 6.45) is -3.04. The van der Waals surface area contributed by atoms with Crippen LogP contribution in [0.15, 0.2) is 0 Å². The first-order chi connectivity index (χ1) is 8.38. The minimum Gasteiger partial charge on any atom is -0.461 e. The highest BCUT2D eigenvalue weighted by Crippen LogP contribution is 2.16. The van der Waals surface area contributed by atoms with Crippen LogP contribution in [0.5, 0.6) is 0 Å². The van der Waals surface area contributed by atoms with Crippen molar-refractivity contribution in [3.05, 3.63) is 0 Å². The Kier molecular flexibility index (Phi) is 5.87. The van der Waals surface area contributed by atoms with Crippen LogP contribution in [0.4, 0.5) is 13.2 Å². The molecule has 0 spiro atoms. The number of carbonyl (C=O) groups excluding carboxylic acids is 1. The van der Waals surface area contributed by atoms with Crippen LogP contribution >= 0.6 is 0 Å². The number of halogens is 3. The molecule has 2 unspecified atom stereocenters. The summed E-state index contributed by atoms with van der Waals surface area (Å²) in [5, 5.41) is 0. The zero-order valence-corrected chi connectivity index (χ0v) is 10.2. The summed E-state index contributed by atoms with van der Waals surface area (Å²) < 4.78 is 50.1. The van der Waals surface area contributed by atoms with Gasteiger partial charge >= 0.3 is 12.1 Å². The number of rotatable bonds is 5. The fourth-order valence-electron chi connectivity index (χ4n) is 1.52. The zero-order chi connectivity index (χ0) is 13.6. The van der Waals surface area contributed by atoms with Crippen LogP contribution in [-0.2, 0) is 19.0 Å². The standard InChI is InChI=1S/C11H17F3O4/c1-8(18-7-11(12,13)14)10(15)17-6-9-4-2-3-5-16-9/h8-9H,2-7H2,1H3. The normalized spacial score (nSPS) is 22.6. The average molecular weight is 270 g/mol. The Morgan fingerprint density at radius 2 is 2.17 bits per heavy atom. The third-order valence-electron chi connectivity index (χ3n) is 2.51. The van der Waals surface area contributed by atoms with Crippen LogP contribution < -0.4 is 0 Å². The maximum atomic E-state index is 11.9. The highest BCUT2D eigenvalue weighted by Gasteiger charge is 2.30. The van der Waals surface area contributed by atoms with E-state index in [1.165, 1.54) is 6.92 Å². The first-order valence-corrected chi connectivity index (χ1v) is 5.85. The highest BCUT2D eigenvalue weighted by molar-refractivity contribution is 5.74.